The molecule has 2 aromatic carbocycles. The molecule has 0 fully saturated rings. The molecule has 25 heavy (non-hydrogen) atoms. The summed E-state index contributed by atoms with van der Waals surface area (Å²) in [5, 5.41) is 9.87. The minimum atomic E-state index is -2.90. The monoisotopic (exact) mass is 387 g/mol. The van der Waals surface area contributed by atoms with Gasteiger partial charge in [-0.05, 0) is 47.4 Å². The number of ether oxygens (including phenoxy) is 1. The first-order valence-corrected chi connectivity index (χ1v) is 8.13. The lowest BCUT2D eigenvalue weighted by Crippen LogP contribution is -2.35. The highest BCUT2D eigenvalue weighted by Gasteiger charge is 2.29. The van der Waals surface area contributed by atoms with Crippen molar-refractivity contribution < 1.29 is 23.4 Å². The fourth-order valence-corrected chi connectivity index (χ4v) is 3.53. The number of amides is 1. The molecule has 0 saturated heterocycles. The van der Waals surface area contributed by atoms with Crippen LogP contribution in [-0.4, -0.2) is 29.6 Å². The van der Waals surface area contributed by atoms with E-state index in [9.17, 15) is 18.7 Å². The third kappa shape index (κ3) is 3.50. The molecule has 0 aliphatic carbocycles. The van der Waals surface area contributed by atoms with Crippen LogP contribution in [0.15, 0.2) is 30.3 Å². The van der Waals surface area contributed by atoms with Crippen LogP contribution in [0, 0.1) is 0 Å². The Morgan fingerprint density at radius 2 is 1.92 bits per heavy atom. The maximum atomic E-state index is 12.4. The van der Waals surface area contributed by atoms with Crippen molar-refractivity contribution in [1.82, 2.24) is 4.90 Å². The van der Waals surface area contributed by atoms with Gasteiger partial charge in [0.2, 0.25) is 6.41 Å². The highest BCUT2D eigenvalue weighted by molar-refractivity contribution is 6.37. The molecule has 1 heterocycles. The van der Waals surface area contributed by atoms with Crippen LogP contribution in [0.25, 0.3) is 0 Å². The highest BCUT2D eigenvalue weighted by Crippen LogP contribution is 2.41. The van der Waals surface area contributed by atoms with Crippen molar-refractivity contribution in [2.45, 2.75) is 19.1 Å². The van der Waals surface area contributed by atoms with Crippen molar-refractivity contribution in [3.8, 4) is 11.5 Å². The molecule has 8 heteroatoms. The molecule has 0 aromatic heterocycles. The average Bonchev–Trinajstić information content (AvgIpc) is 2.57. The summed E-state index contributed by atoms with van der Waals surface area (Å²) < 4.78 is 29.3. The molecule has 4 nitrogen and oxygen atoms in total. The molecule has 132 valence electrons. The van der Waals surface area contributed by atoms with Gasteiger partial charge in [-0.3, -0.25) is 4.79 Å². The van der Waals surface area contributed by atoms with E-state index >= 15 is 0 Å². The third-order valence-corrected chi connectivity index (χ3v) is 4.67. The summed E-state index contributed by atoms with van der Waals surface area (Å²) in [6.07, 6.45) is 1.22. The minimum absolute atomic E-state index is 0.0637. The van der Waals surface area contributed by atoms with Crippen molar-refractivity contribution in [3.63, 3.8) is 0 Å². The Kier molecular flexibility index (Phi) is 5.01. The van der Waals surface area contributed by atoms with Crippen LogP contribution in [0.5, 0.6) is 11.5 Å². The number of carbonyl (C=O) groups excluding carboxylic acids is 1. The third-order valence-electron chi connectivity index (χ3n) is 4.10. The molecule has 1 unspecified atom stereocenters. The Labute approximate surface area is 152 Å². The molecule has 1 amide bonds. The number of fused-ring (bicyclic) bond motifs is 1. The average molecular weight is 388 g/mol. The smallest absolute Gasteiger partial charge is 0.387 e. The number of carbonyl (C=O) groups is 1. The number of alkyl halides is 2. The summed E-state index contributed by atoms with van der Waals surface area (Å²) in [6.45, 7) is -2.51. The van der Waals surface area contributed by atoms with Gasteiger partial charge >= 0.3 is 6.61 Å². The molecule has 3 rings (SSSR count). The summed E-state index contributed by atoms with van der Waals surface area (Å²) >= 11 is 12.0. The van der Waals surface area contributed by atoms with Crippen LogP contribution in [0.3, 0.4) is 0 Å². The number of benzene rings is 2. The number of phenols is 1. The predicted molar refractivity (Wildman–Crippen MR) is 89.5 cm³/mol. The highest BCUT2D eigenvalue weighted by atomic mass is 35.5. The SMILES string of the molecule is O=CN1CCc2cc(OC(F)F)ccc2C1c1cc(Cl)c(O)c(Cl)c1. The molecular formula is C17H13Cl2F2NO3. The molecule has 1 aliphatic heterocycles. The number of phenolic OH excluding ortho intramolecular Hbond substituents is 1. The Morgan fingerprint density at radius 1 is 1.24 bits per heavy atom. The lowest BCUT2D eigenvalue weighted by Gasteiger charge is -2.35. The summed E-state index contributed by atoms with van der Waals surface area (Å²) in [7, 11) is 0. The van der Waals surface area contributed by atoms with Gasteiger partial charge in [0.25, 0.3) is 0 Å². The van der Waals surface area contributed by atoms with E-state index in [-0.39, 0.29) is 21.5 Å². The van der Waals surface area contributed by atoms with Gasteiger partial charge in [0.1, 0.15) is 5.75 Å². The van der Waals surface area contributed by atoms with E-state index in [1.54, 1.807) is 17.0 Å². The zero-order valence-corrected chi connectivity index (χ0v) is 14.3. The molecule has 0 bridgehead atoms. The van der Waals surface area contributed by atoms with Crippen molar-refractivity contribution in [2.75, 3.05) is 6.54 Å². The maximum Gasteiger partial charge on any atom is 0.387 e. The first-order valence-electron chi connectivity index (χ1n) is 7.37. The van der Waals surface area contributed by atoms with Crippen molar-refractivity contribution in [1.29, 1.82) is 0 Å². The Bertz CT molecular complexity index is 793. The number of nitrogens with zero attached hydrogens (tertiary/aromatic N) is 1. The Hall–Kier alpha value is -2.05. The predicted octanol–water partition coefficient (Wildman–Crippen LogP) is 4.40. The van der Waals surface area contributed by atoms with E-state index in [1.165, 1.54) is 18.2 Å². The second-order valence-electron chi connectivity index (χ2n) is 5.57. The lowest BCUT2D eigenvalue weighted by molar-refractivity contribution is -0.119. The van der Waals surface area contributed by atoms with Crippen LogP contribution in [0.4, 0.5) is 8.78 Å². The van der Waals surface area contributed by atoms with E-state index in [0.29, 0.717) is 24.9 Å². The molecule has 0 saturated carbocycles. The van der Waals surface area contributed by atoms with Crippen molar-refractivity contribution in [3.05, 3.63) is 57.1 Å². The van der Waals surface area contributed by atoms with E-state index < -0.39 is 12.7 Å². The Morgan fingerprint density at radius 3 is 2.52 bits per heavy atom. The molecule has 1 atom stereocenters. The lowest BCUT2D eigenvalue weighted by atomic mass is 9.88. The van der Waals surface area contributed by atoms with Crippen molar-refractivity contribution >= 4 is 29.6 Å². The summed E-state index contributed by atoms with van der Waals surface area (Å²) in [4.78, 5) is 13.1. The number of hydrogen-bond acceptors (Lipinski definition) is 3. The van der Waals surface area contributed by atoms with Crippen LogP contribution in [0.2, 0.25) is 10.0 Å². The summed E-state index contributed by atoms with van der Waals surface area (Å²) in [5.41, 5.74) is 2.17. The van der Waals surface area contributed by atoms with Gasteiger partial charge in [0.15, 0.2) is 5.75 Å². The van der Waals surface area contributed by atoms with Gasteiger partial charge in [-0.1, -0.05) is 29.3 Å². The van der Waals surface area contributed by atoms with Crippen LogP contribution >= 0.6 is 23.2 Å². The van der Waals surface area contributed by atoms with E-state index in [1.807, 2.05) is 0 Å². The van der Waals surface area contributed by atoms with Crippen molar-refractivity contribution in [2.24, 2.45) is 0 Å². The van der Waals surface area contributed by atoms with Crippen LogP contribution in [-0.2, 0) is 11.2 Å². The zero-order valence-electron chi connectivity index (χ0n) is 12.8. The maximum absolute atomic E-state index is 12.4. The molecular weight excluding hydrogens is 375 g/mol. The second kappa shape index (κ2) is 7.06. The first-order chi connectivity index (χ1) is 11.9. The normalized spacial score (nSPS) is 16.7. The largest absolute Gasteiger partial charge is 0.505 e. The number of halogens is 4. The van der Waals surface area contributed by atoms with E-state index in [2.05, 4.69) is 4.74 Å². The summed E-state index contributed by atoms with van der Waals surface area (Å²) in [6, 6.07) is 7.18. The van der Waals surface area contributed by atoms with Gasteiger partial charge in [-0.2, -0.15) is 8.78 Å². The van der Waals surface area contributed by atoms with Gasteiger partial charge < -0.3 is 14.7 Å². The van der Waals surface area contributed by atoms with Gasteiger partial charge in [0.05, 0.1) is 16.1 Å². The van der Waals surface area contributed by atoms with E-state index in [0.717, 1.165) is 11.1 Å². The molecule has 1 N–H and O–H groups in total. The fourth-order valence-electron chi connectivity index (χ4n) is 3.03. The van der Waals surface area contributed by atoms with Crippen LogP contribution in [0.1, 0.15) is 22.7 Å². The standard InChI is InChI=1S/C17H13Cl2F2NO3/c18-13-6-10(7-14(19)16(13)24)15-12-2-1-11(25-17(20)21)5-9(12)3-4-22(15)8-23/h1-2,5-8,15,17,24H,3-4H2. The van der Waals surface area contributed by atoms with Gasteiger partial charge in [-0.25, -0.2) is 0 Å². The first kappa shape index (κ1) is 17.8. The quantitative estimate of drug-likeness (QED) is 0.790. The summed E-state index contributed by atoms with van der Waals surface area (Å²) in [5.74, 6) is -0.171. The fraction of sp³-hybridized carbons (Fsp3) is 0.235. The molecule has 1 aliphatic rings. The number of hydrogen-bond donors (Lipinski definition) is 1. The molecule has 0 spiro atoms. The van der Waals surface area contributed by atoms with Gasteiger partial charge in [0, 0.05) is 6.54 Å². The zero-order chi connectivity index (χ0) is 18.1. The Balaban J connectivity index is 2.08. The van der Waals surface area contributed by atoms with Gasteiger partial charge in [-0.15, -0.1) is 0 Å². The molecule has 2 aromatic rings. The minimum Gasteiger partial charge on any atom is -0.505 e. The second-order valence-corrected chi connectivity index (χ2v) is 6.38. The molecule has 0 radical (unpaired) electrons. The van der Waals surface area contributed by atoms with Crippen LogP contribution < -0.4 is 4.74 Å². The topological polar surface area (TPSA) is 49.8 Å². The number of rotatable bonds is 4. The number of aromatic hydroxyl groups is 1. The van der Waals surface area contributed by atoms with E-state index in [4.69, 9.17) is 23.2 Å².